The van der Waals surface area contributed by atoms with E-state index in [2.05, 4.69) is 5.32 Å². The van der Waals surface area contributed by atoms with Crippen molar-refractivity contribution in [2.75, 3.05) is 0 Å². The van der Waals surface area contributed by atoms with E-state index in [1.807, 2.05) is 0 Å². The molecule has 19 heavy (non-hydrogen) atoms. The van der Waals surface area contributed by atoms with Crippen LogP contribution in [0.2, 0.25) is 0 Å². The van der Waals surface area contributed by atoms with Crippen molar-refractivity contribution in [1.29, 1.82) is 0 Å². The normalized spacial score (nSPS) is 23.2. The molecule has 102 valence electrons. The zero-order valence-electron chi connectivity index (χ0n) is 9.57. The van der Waals surface area contributed by atoms with Crippen molar-refractivity contribution in [3.63, 3.8) is 0 Å². The van der Waals surface area contributed by atoms with Crippen LogP contribution >= 0.6 is 0 Å². The van der Waals surface area contributed by atoms with E-state index in [9.17, 15) is 22.8 Å². The van der Waals surface area contributed by atoms with Crippen LogP contribution in [0.1, 0.15) is 23.5 Å². The Morgan fingerprint density at radius 1 is 1.26 bits per heavy atom. The predicted octanol–water partition coefficient (Wildman–Crippen LogP) is 1.76. The third-order valence-corrected chi connectivity index (χ3v) is 3.06. The Morgan fingerprint density at radius 3 is 2.32 bits per heavy atom. The van der Waals surface area contributed by atoms with Crippen LogP contribution in [-0.4, -0.2) is 23.0 Å². The van der Waals surface area contributed by atoms with E-state index in [-0.39, 0.29) is 6.42 Å². The highest BCUT2D eigenvalue weighted by Gasteiger charge is 2.38. The summed E-state index contributed by atoms with van der Waals surface area (Å²) in [4.78, 5) is 22.2. The van der Waals surface area contributed by atoms with Gasteiger partial charge in [0, 0.05) is 12.3 Å². The molecule has 0 aromatic heterocycles. The zero-order valence-corrected chi connectivity index (χ0v) is 9.57. The number of benzene rings is 1. The second kappa shape index (κ2) is 4.56. The van der Waals surface area contributed by atoms with Crippen molar-refractivity contribution in [1.82, 2.24) is 5.32 Å². The number of rotatable bonds is 2. The van der Waals surface area contributed by atoms with Crippen LogP contribution in [0.5, 0.6) is 0 Å². The molecular formula is C12H10F3NO3. The van der Waals surface area contributed by atoms with E-state index >= 15 is 0 Å². The highest BCUT2D eigenvalue weighted by atomic mass is 19.4. The Labute approximate surface area is 106 Å². The van der Waals surface area contributed by atoms with E-state index < -0.39 is 35.6 Å². The first-order valence-electron chi connectivity index (χ1n) is 5.48. The fraction of sp³-hybridized carbons (Fsp3) is 0.333. The molecule has 7 heteroatoms. The molecule has 0 saturated carbocycles. The Bertz CT molecular complexity index is 510. The minimum Gasteiger partial charge on any atom is -0.480 e. The largest absolute Gasteiger partial charge is 0.480 e. The van der Waals surface area contributed by atoms with Gasteiger partial charge in [0.15, 0.2) is 0 Å². The van der Waals surface area contributed by atoms with Gasteiger partial charge in [-0.15, -0.1) is 0 Å². The maximum absolute atomic E-state index is 12.4. The van der Waals surface area contributed by atoms with Crippen molar-refractivity contribution in [3.8, 4) is 0 Å². The van der Waals surface area contributed by atoms with Gasteiger partial charge in [-0.3, -0.25) is 4.79 Å². The molecular weight excluding hydrogens is 263 g/mol. The molecule has 4 nitrogen and oxygen atoms in total. The highest BCUT2D eigenvalue weighted by Crippen LogP contribution is 2.33. The summed E-state index contributed by atoms with van der Waals surface area (Å²) < 4.78 is 37.2. The van der Waals surface area contributed by atoms with Gasteiger partial charge in [-0.05, 0) is 17.7 Å². The van der Waals surface area contributed by atoms with Crippen LogP contribution < -0.4 is 5.32 Å². The molecule has 1 saturated heterocycles. The number of aliphatic carboxylic acids is 1. The number of carboxylic acid groups (broad SMARTS) is 1. The van der Waals surface area contributed by atoms with Crippen LogP contribution in [0.4, 0.5) is 13.2 Å². The summed E-state index contributed by atoms with van der Waals surface area (Å²) in [5, 5.41) is 11.2. The maximum Gasteiger partial charge on any atom is 0.416 e. The van der Waals surface area contributed by atoms with Gasteiger partial charge in [0.05, 0.1) is 5.56 Å². The summed E-state index contributed by atoms with van der Waals surface area (Å²) >= 11 is 0. The molecule has 0 unspecified atom stereocenters. The highest BCUT2D eigenvalue weighted by molar-refractivity contribution is 5.89. The van der Waals surface area contributed by atoms with Crippen molar-refractivity contribution in [2.45, 2.75) is 24.6 Å². The van der Waals surface area contributed by atoms with Crippen molar-refractivity contribution >= 4 is 11.9 Å². The molecule has 1 aliphatic heterocycles. The molecule has 1 fully saturated rings. The van der Waals surface area contributed by atoms with E-state index in [0.717, 1.165) is 12.1 Å². The molecule has 0 radical (unpaired) electrons. The lowest BCUT2D eigenvalue weighted by Gasteiger charge is -2.15. The first-order chi connectivity index (χ1) is 8.79. The van der Waals surface area contributed by atoms with Gasteiger partial charge in [0.1, 0.15) is 6.04 Å². The topological polar surface area (TPSA) is 66.4 Å². The smallest absolute Gasteiger partial charge is 0.416 e. The molecule has 2 N–H and O–H groups in total. The standard InChI is InChI=1S/C12H10F3NO3/c13-12(14,15)7-3-1-6(2-4-7)8-5-9(17)16-10(8)11(18)19/h1-4,8,10H,5H2,(H,16,17)(H,18,19)/t8-,10+/m0/s1. The number of carbonyl (C=O) groups excluding carboxylic acids is 1. The van der Waals surface area contributed by atoms with Gasteiger partial charge < -0.3 is 10.4 Å². The molecule has 2 rings (SSSR count). The van der Waals surface area contributed by atoms with E-state index in [4.69, 9.17) is 5.11 Å². The molecule has 0 spiro atoms. The fourth-order valence-corrected chi connectivity index (χ4v) is 2.11. The van der Waals surface area contributed by atoms with E-state index in [1.54, 1.807) is 0 Å². The molecule has 1 heterocycles. The Kier molecular flexibility index (Phi) is 3.21. The molecule has 0 aliphatic carbocycles. The monoisotopic (exact) mass is 273 g/mol. The first-order valence-corrected chi connectivity index (χ1v) is 5.48. The number of alkyl halides is 3. The summed E-state index contributed by atoms with van der Waals surface area (Å²) in [5.74, 6) is -2.26. The fourth-order valence-electron chi connectivity index (χ4n) is 2.11. The van der Waals surface area contributed by atoms with Crippen molar-refractivity contribution in [2.24, 2.45) is 0 Å². The SMILES string of the molecule is O=C1C[C@@H](c2ccc(C(F)(F)F)cc2)[C@H](C(=O)O)N1. The predicted molar refractivity (Wildman–Crippen MR) is 58.4 cm³/mol. The third kappa shape index (κ3) is 2.69. The average molecular weight is 273 g/mol. The van der Waals surface area contributed by atoms with Crippen molar-refractivity contribution < 1.29 is 27.9 Å². The van der Waals surface area contributed by atoms with Gasteiger partial charge in [-0.1, -0.05) is 12.1 Å². The Hall–Kier alpha value is -2.05. The third-order valence-electron chi connectivity index (χ3n) is 3.06. The lowest BCUT2D eigenvalue weighted by molar-refractivity contribution is -0.140. The number of amides is 1. The van der Waals surface area contributed by atoms with Gasteiger partial charge in [-0.25, -0.2) is 4.79 Å². The number of carboxylic acids is 1. The van der Waals surface area contributed by atoms with Gasteiger partial charge in [-0.2, -0.15) is 13.2 Å². The summed E-state index contributed by atoms with van der Waals surface area (Å²) in [5.41, 5.74) is -0.404. The summed E-state index contributed by atoms with van der Waals surface area (Å²) in [6, 6.07) is 3.10. The van der Waals surface area contributed by atoms with Crippen LogP contribution in [0, 0.1) is 0 Å². The van der Waals surface area contributed by atoms with E-state index in [0.29, 0.717) is 5.56 Å². The van der Waals surface area contributed by atoms with E-state index in [1.165, 1.54) is 12.1 Å². The number of nitrogens with one attached hydrogen (secondary N) is 1. The van der Waals surface area contributed by atoms with Crippen molar-refractivity contribution in [3.05, 3.63) is 35.4 Å². The second-order valence-electron chi connectivity index (χ2n) is 4.31. The van der Waals surface area contributed by atoms with Crippen LogP contribution in [-0.2, 0) is 15.8 Å². The Balaban J connectivity index is 2.27. The van der Waals surface area contributed by atoms with Gasteiger partial charge >= 0.3 is 12.1 Å². The van der Waals surface area contributed by atoms with Gasteiger partial charge in [0.25, 0.3) is 0 Å². The molecule has 1 aliphatic rings. The minimum absolute atomic E-state index is 0.0394. The quantitative estimate of drug-likeness (QED) is 0.862. The maximum atomic E-state index is 12.4. The lowest BCUT2D eigenvalue weighted by atomic mass is 9.91. The van der Waals surface area contributed by atoms with Gasteiger partial charge in [0.2, 0.25) is 5.91 Å². The summed E-state index contributed by atoms with van der Waals surface area (Å²) in [7, 11) is 0. The summed E-state index contributed by atoms with van der Waals surface area (Å²) in [6.45, 7) is 0. The number of hydrogen-bond donors (Lipinski definition) is 2. The average Bonchev–Trinajstić information content (AvgIpc) is 2.70. The minimum atomic E-state index is -4.44. The zero-order chi connectivity index (χ0) is 14.2. The lowest BCUT2D eigenvalue weighted by Crippen LogP contribution is -2.36. The molecule has 1 aromatic rings. The number of halogens is 3. The van der Waals surface area contributed by atoms with Crippen LogP contribution in [0.25, 0.3) is 0 Å². The molecule has 2 atom stereocenters. The molecule has 1 amide bonds. The number of hydrogen-bond acceptors (Lipinski definition) is 2. The Morgan fingerprint density at radius 2 is 1.84 bits per heavy atom. The van der Waals surface area contributed by atoms with Crippen LogP contribution in [0.15, 0.2) is 24.3 Å². The van der Waals surface area contributed by atoms with Crippen LogP contribution in [0.3, 0.4) is 0 Å². The summed E-state index contributed by atoms with van der Waals surface area (Å²) in [6.07, 6.45) is -4.48. The molecule has 0 bridgehead atoms. The molecule has 1 aromatic carbocycles. The second-order valence-corrected chi connectivity index (χ2v) is 4.31. The number of carbonyl (C=O) groups is 2. The first kappa shape index (κ1) is 13.4.